The molecular formula is C14H20N3O10P. The van der Waals surface area contributed by atoms with E-state index in [9.17, 15) is 14.2 Å². The number of hydrogen-bond donors (Lipinski definition) is 4. The monoisotopic (exact) mass is 421 g/mol. The van der Waals surface area contributed by atoms with E-state index in [1.54, 1.807) is 13.8 Å². The molecule has 0 bridgehead atoms. The van der Waals surface area contributed by atoms with E-state index in [4.69, 9.17) is 29.2 Å². The first-order chi connectivity index (χ1) is 12.9. The van der Waals surface area contributed by atoms with Gasteiger partial charge in [-0.25, -0.2) is 9.36 Å². The lowest BCUT2D eigenvalue weighted by atomic mass is 10.1. The summed E-state index contributed by atoms with van der Waals surface area (Å²) >= 11 is 0. The molecule has 3 rings (SSSR count). The molecule has 3 heterocycles. The number of aromatic amines is 1. The van der Waals surface area contributed by atoms with Crippen LogP contribution in [-0.2, 0) is 23.3 Å². The summed E-state index contributed by atoms with van der Waals surface area (Å²) in [5, 5.41) is 11.8. The molecule has 4 atom stereocenters. The van der Waals surface area contributed by atoms with Crippen LogP contribution in [0, 0.1) is 6.92 Å². The van der Waals surface area contributed by atoms with E-state index < -0.39 is 56.0 Å². The van der Waals surface area contributed by atoms with Gasteiger partial charge in [0.15, 0.2) is 12.0 Å². The molecule has 2 saturated heterocycles. The van der Waals surface area contributed by atoms with Gasteiger partial charge in [0.05, 0.1) is 18.5 Å². The highest BCUT2D eigenvalue weighted by molar-refractivity contribution is 7.46. The van der Waals surface area contributed by atoms with Gasteiger partial charge in [0.1, 0.15) is 18.3 Å². The fraction of sp³-hybridized carbons (Fsp3) is 0.643. The van der Waals surface area contributed by atoms with E-state index in [-0.39, 0.29) is 11.3 Å². The minimum Gasteiger partial charge on any atom is -0.411 e. The first-order valence-electron chi connectivity index (χ1n) is 8.17. The van der Waals surface area contributed by atoms with Crippen LogP contribution < -0.4 is 11.2 Å². The standard InChI is InChI=1S/C14H20N3O10P/c1-6-7(4-15-20)17(13(19)16-11(6)18)12-10-9(26-14(2,3)27-10)8(25-12)5-24-28(21,22)23/h4,8-10,12,20H,5H2,1-3H3,(H,16,18,19)(H2,21,22,23)/t8-,9-,10-,12-/m1/s1. The second-order valence-electron chi connectivity index (χ2n) is 6.80. The molecule has 2 fully saturated rings. The van der Waals surface area contributed by atoms with Crippen LogP contribution in [0.2, 0.25) is 0 Å². The van der Waals surface area contributed by atoms with Crippen LogP contribution in [-0.4, -0.2) is 61.5 Å². The van der Waals surface area contributed by atoms with Crippen LogP contribution in [0.5, 0.6) is 0 Å². The van der Waals surface area contributed by atoms with E-state index in [0.29, 0.717) is 0 Å². The van der Waals surface area contributed by atoms with Crippen molar-refractivity contribution in [3.63, 3.8) is 0 Å². The quantitative estimate of drug-likeness (QED) is 0.203. The maximum atomic E-state index is 12.5. The van der Waals surface area contributed by atoms with Gasteiger partial charge < -0.3 is 29.2 Å². The molecule has 14 heteroatoms. The molecule has 0 aliphatic carbocycles. The largest absolute Gasteiger partial charge is 0.469 e. The number of aromatic nitrogens is 2. The first-order valence-corrected chi connectivity index (χ1v) is 9.70. The SMILES string of the molecule is Cc1c(C=NO)n([C@@H]2O[C@H](COP(=O)(O)O)[C@H]3OC(C)(C)O[C@H]32)c(=O)[nH]c1=O. The molecule has 13 nitrogen and oxygen atoms in total. The van der Waals surface area contributed by atoms with Crippen LogP contribution >= 0.6 is 7.82 Å². The average Bonchev–Trinajstić information content (AvgIpc) is 3.04. The van der Waals surface area contributed by atoms with Crippen LogP contribution in [0.3, 0.4) is 0 Å². The molecule has 0 spiro atoms. The third-order valence-electron chi connectivity index (χ3n) is 4.39. The smallest absolute Gasteiger partial charge is 0.411 e. The Morgan fingerprint density at radius 2 is 1.96 bits per heavy atom. The molecule has 2 aliphatic heterocycles. The summed E-state index contributed by atoms with van der Waals surface area (Å²) < 4.78 is 33.9. The highest BCUT2D eigenvalue weighted by Crippen LogP contribution is 2.45. The maximum absolute atomic E-state index is 12.5. The van der Waals surface area contributed by atoms with Gasteiger partial charge in [-0.15, -0.1) is 0 Å². The summed E-state index contributed by atoms with van der Waals surface area (Å²) in [7, 11) is -4.77. The van der Waals surface area contributed by atoms with E-state index in [1.165, 1.54) is 6.92 Å². The third-order valence-corrected chi connectivity index (χ3v) is 4.88. The molecule has 0 amide bonds. The normalized spacial score (nSPS) is 29.5. The maximum Gasteiger partial charge on any atom is 0.469 e. The number of nitrogens with one attached hydrogen (secondary N) is 1. The summed E-state index contributed by atoms with van der Waals surface area (Å²) in [6.07, 6.45) is -2.90. The van der Waals surface area contributed by atoms with Gasteiger partial charge in [0, 0.05) is 5.56 Å². The molecule has 1 aromatic heterocycles. The van der Waals surface area contributed by atoms with E-state index in [1.807, 2.05) is 0 Å². The summed E-state index contributed by atoms with van der Waals surface area (Å²) in [6, 6.07) is 0. The van der Waals surface area contributed by atoms with Crippen LogP contribution in [0.15, 0.2) is 14.7 Å². The minimum absolute atomic E-state index is 0.0233. The number of rotatable bonds is 5. The minimum atomic E-state index is -4.77. The van der Waals surface area contributed by atoms with Crippen LogP contribution in [0.4, 0.5) is 0 Å². The lowest BCUT2D eigenvalue weighted by Gasteiger charge is -2.26. The van der Waals surface area contributed by atoms with Crippen molar-refractivity contribution in [3.05, 3.63) is 32.1 Å². The van der Waals surface area contributed by atoms with Crippen molar-refractivity contribution in [3.8, 4) is 0 Å². The summed E-state index contributed by atoms with van der Waals surface area (Å²) in [5.74, 6) is -1.07. The van der Waals surface area contributed by atoms with Gasteiger partial charge in [-0.05, 0) is 20.8 Å². The van der Waals surface area contributed by atoms with E-state index in [2.05, 4.69) is 14.7 Å². The summed E-state index contributed by atoms with van der Waals surface area (Å²) in [5.41, 5.74) is -1.45. The zero-order valence-electron chi connectivity index (χ0n) is 15.1. The van der Waals surface area contributed by atoms with Crippen molar-refractivity contribution in [2.24, 2.45) is 5.16 Å². The number of nitrogens with zero attached hydrogens (tertiary/aromatic N) is 2. The number of phosphoric acid groups is 1. The summed E-state index contributed by atoms with van der Waals surface area (Å²) in [4.78, 5) is 44.4. The Kier molecular flexibility index (Phi) is 5.36. The first kappa shape index (κ1) is 20.9. The lowest BCUT2D eigenvalue weighted by molar-refractivity contribution is -0.200. The zero-order valence-corrected chi connectivity index (χ0v) is 16.0. The predicted molar refractivity (Wildman–Crippen MR) is 91.2 cm³/mol. The van der Waals surface area contributed by atoms with Gasteiger partial charge in [0.25, 0.3) is 5.56 Å². The number of oxime groups is 1. The Labute approximate surface area is 157 Å². The highest BCUT2D eigenvalue weighted by atomic mass is 31.2. The molecule has 28 heavy (non-hydrogen) atoms. The van der Waals surface area contributed by atoms with E-state index >= 15 is 0 Å². The van der Waals surface area contributed by atoms with Crippen molar-refractivity contribution in [2.75, 3.05) is 6.61 Å². The topological polar surface area (TPSA) is 182 Å². The van der Waals surface area contributed by atoms with Crippen LogP contribution in [0.1, 0.15) is 31.3 Å². The Bertz CT molecular complexity index is 948. The Hall–Kier alpha value is -1.86. The number of phosphoric ester groups is 1. The molecule has 0 radical (unpaired) electrons. The van der Waals surface area contributed by atoms with Crippen molar-refractivity contribution in [1.29, 1.82) is 0 Å². The van der Waals surface area contributed by atoms with Crippen molar-refractivity contribution >= 4 is 14.0 Å². The highest BCUT2D eigenvalue weighted by Gasteiger charge is 2.56. The fourth-order valence-electron chi connectivity index (χ4n) is 3.30. The zero-order chi connectivity index (χ0) is 20.9. The van der Waals surface area contributed by atoms with Gasteiger partial charge in [-0.1, -0.05) is 5.16 Å². The molecule has 1 aromatic rings. The fourth-order valence-corrected chi connectivity index (χ4v) is 3.64. The van der Waals surface area contributed by atoms with Gasteiger partial charge in [0.2, 0.25) is 0 Å². The average molecular weight is 421 g/mol. The van der Waals surface area contributed by atoms with Crippen molar-refractivity contribution in [1.82, 2.24) is 9.55 Å². The number of fused-ring (bicyclic) bond motifs is 1. The molecule has 2 aliphatic rings. The van der Waals surface area contributed by atoms with Crippen LogP contribution in [0.25, 0.3) is 0 Å². The van der Waals surface area contributed by atoms with Gasteiger partial charge >= 0.3 is 13.5 Å². The molecular weight excluding hydrogens is 401 g/mol. The van der Waals surface area contributed by atoms with Gasteiger partial charge in [-0.3, -0.25) is 18.9 Å². The summed E-state index contributed by atoms with van der Waals surface area (Å²) in [6.45, 7) is 4.14. The van der Waals surface area contributed by atoms with Crippen molar-refractivity contribution in [2.45, 2.75) is 51.1 Å². The molecule has 0 saturated carbocycles. The number of hydrogen-bond acceptors (Lipinski definition) is 9. The Morgan fingerprint density at radius 3 is 2.57 bits per heavy atom. The Balaban J connectivity index is 2.05. The third kappa shape index (κ3) is 3.96. The lowest BCUT2D eigenvalue weighted by Crippen LogP contribution is -2.41. The van der Waals surface area contributed by atoms with Crippen molar-refractivity contribution < 1.29 is 38.3 Å². The van der Waals surface area contributed by atoms with E-state index in [0.717, 1.165) is 10.8 Å². The molecule has 0 unspecified atom stereocenters. The second-order valence-corrected chi connectivity index (χ2v) is 8.04. The number of H-pyrrole nitrogens is 1. The predicted octanol–water partition coefficient (Wildman–Crippen LogP) is -0.820. The number of ether oxygens (including phenoxy) is 3. The second kappa shape index (κ2) is 7.19. The molecule has 0 aromatic carbocycles. The molecule has 156 valence electrons. The molecule has 4 N–H and O–H groups in total. The van der Waals surface area contributed by atoms with Gasteiger partial charge in [-0.2, -0.15) is 0 Å². The Morgan fingerprint density at radius 1 is 1.32 bits per heavy atom.